The second-order valence-corrected chi connectivity index (χ2v) is 11.0. The van der Waals surface area contributed by atoms with Gasteiger partial charge in [0.05, 0.1) is 0 Å². The van der Waals surface area contributed by atoms with E-state index in [0.29, 0.717) is 12.1 Å². The predicted octanol–water partition coefficient (Wildman–Crippen LogP) is 6.62. The fourth-order valence-electron chi connectivity index (χ4n) is 7.19. The number of fused-ring (bicyclic) bond motifs is 20. The Bertz CT molecular complexity index is 1570. The van der Waals surface area contributed by atoms with Gasteiger partial charge in [-0.05, 0) is 59.9 Å². The van der Waals surface area contributed by atoms with E-state index in [-0.39, 0.29) is 21.1 Å². The molecule has 2 aliphatic carbocycles. The molecule has 0 N–H and O–H groups in total. The first kappa shape index (κ1) is 24.1. The van der Waals surface area contributed by atoms with Crippen LogP contribution in [0.25, 0.3) is 11.1 Å². The molecule has 4 aromatic carbocycles. The van der Waals surface area contributed by atoms with Crippen LogP contribution in [0.4, 0.5) is 11.4 Å². The summed E-state index contributed by atoms with van der Waals surface area (Å²) in [5, 5.41) is 0. The fourth-order valence-corrected chi connectivity index (χ4v) is 7.19. The van der Waals surface area contributed by atoms with Crippen molar-refractivity contribution in [1.82, 2.24) is 9.80 Å². The van der Waals surface area contributed by atoms with Crippen LogP contribution in [-0.2, 0) is 26.5 Å². The van der Waals surface area contributed by atoms with Crippen LogP contribution in [0.15, 0.2) is 110 Å². The summed E-state index contributed by atoms with van der Waals surface area (Å²) >= 11 is 0. The van der Waals surface area contributed by atoms with E-state index in [0.717, 1.165) is 22.5 Å². The Labute approximate surface area is 250 Å². The van der Waals surface area contributed by atoms with Crippen molar-refractivity contribution in [2.45, 2.75) is 30.3 Å². The van der Waals surface area contributed by atoms with Crippen LogP contribution in [0.1, 0.15) is 35.1 Å². The van der Waals surface area contributed by atoms with Crippen LogP contribution in [0.5, 0.6) is 0 Å². The molecule has 3 heterocycles. The molecule has 5 aliphatic rings. The van der Waals surface area contributed by atoms with E-state index in [4.69, 9.17) is 0 Å². The Morgan fingerprint density at radius 1 is 0.575 bits per heavy atom. The Kier molecular flexibility index (Phi) is 5.34. The molecule has 2 atom stereocenters. The zero-order valence-corrected chi connectivity index (χ0v) is 24.0. The Balaban J connectivity index is 0.00000245. The van der Waals surface area contributed by atoms with Crippen LogP contribution in [-0.4, -0.2) is 21.9 Å². The molecule has 4 nitrogen and oxygen atoms in total. The molecule has 0 amide bonds. The van der Waals surface area contributed by atoms with Crippen molar-refractivity contribution in [3.05, 3.63) is 157 Å². The molecule has 3 aliphatic heterocycles. The van der Waals surface area contributed by atoms with Gasteiger partial charge in [-0.3, -0.25) is 0 Å². The quantitative estimate of drug-likeness (QED) is 0.169. The fraction of sp³-hybridized carbons (Fsp3) is 0.143. The zero-order chi connectivity index (χ0) is 25.6. The summed E-state index contributed by atoms with van der Waals surface area (Å²) in [6.45, 7) is 4.47. The van der Waals surface area contributed by atoms with Gasteiger partial charge in [-0.1, -0.05) is 48.5 Å². The molecule has 40 heavy (non-hydrogen) atoms. The molecule has 1 saturated carbocycles. The number of anilines is 2. The first-order valence-corrected chi connectivity index (χ1v) is 13.7. The number of hydrogen-bond acceptors (Lipinski definition) is 4. The summed E-state index contributed by atoms with van der Waals surface area (Å²) in [5.74, 6) is 0. The number of benzene rings is 4. The Hall–Kier alpha value is -3.75. The van der Waals surface area contributed by atoms with Crippen molar-refractivity contribution in [2.75, 3.05) is 9.80 Å². The molecule has 196 valence electrons. The molecule has 0 aromatic heterocycles. The standard InChI is InChI=1S/C35H26N4.Pt/c1-3-13-31-29(11-1)30-12-2-4-14-32(30)35(31)25-7-5-9-27(21-25)36-17-19-38(23-36)33-15-16-34(33)39-20-18-37(24-39)28-10-6-8-26(35)22-28;/h1-14,17-20,23-24,33-34H,15-16H2;/q-4;+4. The molecule has 0 saturated heterocycles. The van der Waals surface area contributed by atoms with Gasteiger partial charge in [0.1, 0.15) is 0 Å². The molecule has 1 fully saturated rings. The number of hydrogen-bond donors (Lipinski definition) is 0. The van der Waals surface area contributed by atoms with Gasteiger partial charge in [-0.2, -0.15) is 61.9 Å². The normalized spacial score (nSPS) is 22.2. The minimum Gasteiger partial charge on any atom is -0.504 e. The summed E-state index contributed by atoms with van der Waals surface area (Å²) in [5.41, 5.74) is 8.93. The Morgan fingerprint density at radius 3 is 1.52 bits per heavy atom. The molecule has 9 rings (SSSR count). The molecule has 0 radical (unpaired) electrons. The first-order chi connectivity index (χ1) is 19.3. The van der Waals surface area contributed by atoms with Crippen LogP contribution in [0, 0.1) is 25.5 Å². The van der Waals surface area contributed by atoms with E-state index in [2.05, 4.69) is 155 Å². The van der Waals surface area contributed by atoms with Crippen molar-refractivity contribution < 1.29 is 21.1 Å². The third kappa shape index (κ3) is 3.17. The second-order valence-electron chi connectivity index (χ2n) is 11.0. The van der Waals surface area contributed by atoms with Gasteiger partial charge in [0.2, 0.25) is 0 Å². The van der Waals surface area contributed by atoms with Gasteiger partial charge in [-0.15, -0.1) is 22.5 Å². The van der Waals surface area contributed by atoms with Crippen LogP contribution < -0.4 is 9.80 Å². The van der Waals surface area contributed by atoms with Crippen molar-refractivity contribution in [1.29, 1.82) is 0 Å². The average Bonchev–Trinajstić information content (AvgIpc) is 3.70. The van der Waals surface area contributed by atoms with Gasteiger partial charge in [0, 0.05) is 17.5 Å². The predicted molar refractivity (Wildman–Crippen MR) is 154 cm³/mol. The maximum Gasteiger partial charge on any atom is 4.00 e. The molecule has 1 spiro atoms. The van der Waals surface area contributed by atoms with Crippen molar-refractivity contribution in [2.24, 2.45) is 0 Å². The monoisotopic (exact) mass is 697 g/mol. The third-order valence-electron chi connectivity index (χ3n) is 9.16. The molecule has 2 unspecified atom stereocenters. The summed E-state index contributed by atoms with van der Waals surface area (Å²) < 4.78 is 0. The molecular formula is C35H26N4Pt. The summed E-state index contributed by atoms with van der Waals surface area (Å²) in [6.07, 6.45) is 11.1. The van der Waals surface area contributed by atoms with Gasteiger partial charge < -0.3 is 19.6 Å². The Morgan fingerprint density at radius 2 is 1.05 bits per heavy atom. The van der Waals surface area contributed by atoms with Gasteiger partial charge >= 0.3 is 21.1 Å². The van der Waals surface area contributed by atoms with E-state index < -0.39 is 5.41 Å². The molecule has 5 heteroatoms. The van der Waals surface area contributed by atoms with Crippen molar-refractivity contribution in [3.63, 3.8) is 0 Å². The third-order valence-corrected chi connectivity index (χ3v) is 9.16. The van der Waals surface area contributed by atoms with E-state index in [1.807, 2.05) is 0 Å². The van der Waals surface area contributed by atoms with Crippen molar-refractivity contribution >= 4 is 11.4 Å². The smallest absolute Gasteiger partial charge is 0.504 e. The number of rotatable bonds is 0. The summed E-state index contributed by atoms with van der Waals surface area (Å²) in [4.78, 5) is 9.19. The maximum absolute atomic E-state index is 3.89. The van der Waals surface area contributed by atoms with E-state index in [1.165, 1.54) is 35.1 Å². The summed E-state index contributed by atoms with van der Waals surface area (Å²) in [7, 11) is 0. The molecular weight excluding hydrogens is 671 g/mol. The molecule has 8 bridgehead atoms. The summed E-state index contributed by atoms with van der Waals surface area (Å²) in [6, 6.07) is 39.5. The van der Waals surface area contributed by atoms with Crippen LogP contribution in [0.2, 0.25) is 0 Å². The van der Waals surface area contributed by atoms with Crippen LogP contribution in [0.3, 0.4) is 0 Å². The van der Waals surface area contributed by atoms with Crippen molar-refractivity contribution in [3.8, 4) is 11.1 Å². The van der Waals surface area contributed by atoms with Crippen LogP contribution >= 0.6 is 0 Å². The van der Waals surface area contributed by atoms with Gasteiger partial charge in [0.15, 0.2) is 0 Å². The second kappa shape index (κ2) is 8.88. The minimum absolute atomic E-state index is 0. The first-order valence-electron chi connectivity index (χ1n) is 13.7. The SMILES string of the molecule is [Pt+4].[c-]1c2cccc1C1(c3[c-]c(ccc3)N3C=CN([CH-]3)C3CCC3N3C=CN2[CH-]3)c2ccccc2-c2ccccc21. The van der Waals surface area contributed by atoms with Gasteiger partial charge in [0.25, 0.3) is 0 Å². The van der Waals surface area contributed by atoms with E-state index in [9.17, 15) is 0 Å². The van der Waals surface area contributed by atoms with Gasteiger partial charge in [-0.25, -0.2) is 0 Å². The molecule has 4 aromatic rings. The van der Waals surface area contributed by atoms with E-state index in [1.54, 1.807) is 0 Å². The van der Waals surface area contributed by atoms with E-state index >= 15 is 0 Å². The average molecular weight is 698 g/mol. The maximum atomic E-state index is 3.89. The largest absolute Gasteiger partial charge is 4.00 e. The number of nitrogens with zero attached hydrogens (tertiary/aromatic N) is 4. The topological polar surface area (TPSA) is 13.0 Å². The zero-order valence-electron chi connectivity index (χ0n) is 21.7. The minimum atomic E-state index is -0.537.